The van der Waals surface area contributed by atoms with E-state index in [1.165, 1.54) is 6.42 Å². The van der Waals surface area contributed by atoms with Crippen molar-refractivity contribution in [2.24, 2.45) is 13.0 Å². The molecule has 3 rings (SSSR count). The molecule has 2 unspecified atom stereocenters. The molecule has 0 bridgehead atoms. The number of nitrogens with zero attached hydrogens (tertiary/aromatic N) is 1. The van der Waals surface area contributed by atoms with Crippen LogP contribution in [0, 0.1) is 5.92 Å². The predicted molar refractivity (Wildman–Crippen MR) is 93.5 cm³/mol. The van der Waals surface area contributed by atoms with E-state index in [2.05, 4.69) is 23.1 Å². The number of fused-ring (bicyclic) bond motifs is 1. The molecule has 6 nitrogen and oxygen atoms in total. The van der Waals surface area contributed by atoms with E-state index in [4.69, 9.17) is 0 Å². The number of para-hydroxylation sites is 1. The molecule has 128 valence electrons. The first-order valence-electron chi connectivity index (χ1n) is 8.47. The van der Waals surface area contributed by atoms with Crippen LogP contribution in [0.4, 0.5) is 4.79 Å². The first-order valence-corrected chi connectivity index (χ1v) is 8.47. The van der Waals surface area contributed by atoms with Gasteiger partial charge in [-0.3, -0.25) is 10.2 Å². The van der Waals surface area contributed by atoms with Crippen molar-refractivity contribution in [3.8, 4) is 0 Å². The number of carbonyl (C=O) groups is 2. The molecular formula is C18H24N4O2. The highest BCUT2D eigenvalue weighted by atomic mass is 16.2. The highest BCUT2D eigenvalue weighted by Crippen LogP contribution is 2.23. The second-order valence-electron chi connectivity index (χ2n) is 6.59. The molecule has 1 aliphatic carbocycles. The van der Waals surface area contributed by atoms with E-state index < -0.39 is 0 Å². The number of urea groups is 1. The predicted octanol–water partition coefficient (Wildman–Crippen LogP) is 2.70. The van der Waals surface area contributed by atoms with Crippen LogP contribution in [0.1, 0.15) is 43.0 Å². The number of nitrogens with one attached hydrogen (secondary N) is 3. The third-order valence-electron chi connectivity index (χ3n) is 4.86. The molecule has 3 N–H and O–H groups in total. The molecule has 0 radical (unpaired) electrons. The topological polar surface area (TPSA) is 75.2 Å². The number of benzene rings is 1. The first kappa shape index (κ1) is 16.4. The Morgan fingerprint density at radius 3 is 2.67 bits per heavy atom. The van der Waals surface area contributed by atoms with Crippen molar-refractivity contribution in [3.63, 3.8) is 0 Å². The van der Waals surface area contributed by atoms with Crippen LogP contribution >= 0.6 is 0 Å². The fourth-order valence-electron chi connectivity index (χ4n) is 3.44. The lowest BCUT2D eigenvalue weighted by atomic mass is 9.86. The van der Waals surface area contributed by atoms with Crippen molar-refractivity contribution >= 4 is 22.8 Å². The van der Waals surface area contributed by atoms with E-state index in [1.807, 2.05) is 35.9 Å². The number of amides is 3. The van der Waals surface area contributed by atoms with Crippen molar-refractivity contribution in [2.45, 2.75) is 38.6 Å². The van der Waals surface area contributed by atoms with Gasteiger partial charge < -0.3 is 9.88 Å². The summed E-state index contributed by atoms with van der Waals surface area (Å²) in [6.07, 6.45) is 6.25. The second-order valence-corrected chi connectivity index (χ2v) is 6.59. The summed E-state index contributed by atoms with van der Waals surface area (Å²) in [5.74, 6) is 0.150. The summed E-state index contributed by atoms with van der Waals surface area (Å²) in [4.78, 5) is 24.4. The molecule has 1 aromatic carbocycles. The SMILES string of the molecule is CC1CCCCC1NC(=O)NNC(=O)c1cn(C)c2ccccc12. The maximum absolute atomic E-state index is 12.4. The normalized spacial score (nSPS) is 20.6. The summed E-state index contributed by atoms with van der Waals surface area (Å²) in [6, 6.07) is 7.49. The Morgan fingerprint density at radius 2 is 1.88 bits per heavy atom. The van der Waals surface area contributed by atoms with Crippen LogP contribution in [-0.4, -0.2) is 22.5 Å². The summed E-state index contributed by atoms with van der Waals surface area (Å²) >= 11 is 0. The van der Waals surface area contributed by atoms with Crippen LogP contribution in [-0.2, 0) is 7.05 Å². The van der Waals surface area contributed by atoms with Crippen molar-refractivity contribution in [2.75, 3.05) is 0 Å². The molecule has 0 spiro atoms. The fourth-order valence-corrected chi connectivity index (χ4v) is 3.44. The van der Waals surface area contributed by atoms with Crippen LogP contribution in [0.5, 0.6) is 0 Å². The second kappa shape index (κ2) is 6.95. The van der Waals surface area contributed by atoms with Gasteiger partial charge >= 0.3 is 6.03 Å². The number of carbonyl (C=O) groups excluding carboxylic acids is 2. The van der Waals surface area contributed by atoms with Crippen LogP contribution in [0.2, 0.25) is 0 Å². The Labute approximate surface area is 141 Å². The molecule has 1 fully saturated rings. The zero-order valence-electron chi connectivity index (χ0n) is 14.1. The summed E-state index contributed by atoms with van der Waals surface area (Å²) in [7, 11) is 1.89. The summed E-state index contributed by atoms with van der Waals surface area (Å²) in [5, 5.41) is 3.81. The molecule has 1 heterocycles. The molecule has 0 aliphatic heterocycles. The quantitative estimate of drug-likeness (QED) is 0.742. The molecule has 6 heteroatoms. The minimum Gasteiger partial charge on any atom is -0.350 e. The highest BCUT2D eigenvalue weighted by molar-refractivity contribution is 6.07. The molecule has 1 aliphatic rings. The van der Waals surface area contributed by atoms with Gasteiger partial charge in [-0.1, -0.05) is 38.0 Å². The van der Waals surface area contributed by atoms with Crippen LogP contribution in [0.3, 0.4) is 0 Å². The lowest BCUT2D eigenvalue weighted by Crippen LogP contribution is -2.51. The van der Waals surface area contributed by atoms with Gasteiger partial charge in [-0.05, 0) is 24.8 Å². The third kappa shape index (κ3) is 3.37. The number of rotatable bonds is 2. The van der Waals surface area contributed by atoms with E-state index in [0.717, 1.165) is 30.2 Å². The van der Waals surface area contributed by atoms with Gasteiger partial charge in [-0.2, -0.15) is 0 Å². The Morgan fingerprint density at radius 1 is 1.12 bits per heavy atom. The van der Waals surface area contributed by atoms with Crippen LogP contribution in [0.15, 0.2) is 30.5 Å². The average Bonchev–Trinajstić information content (AvgIpc) is 2.92. The molecule has 3 amide bonds. The third-order valence-corrected chi connectivity index (χ3v) is 4.86. The largest absolute Gasteiger partial charge is 0.350 e. The van der Waals surface area contributed by atoms with Gasteiger partial charge in [0.15, 0.2) is 0 Å². The van der Waals surface area contributed by atoms with Gasteiger partial charge in [-0.15, -0.1) is 0 Å². The molecule has 24 heavy (non-hydrogen) atoms. The monoisotopic (exact) mass is 328 g/mol. The summed E-state index contributed by atoms with van der Waals surface area (Å²) < 4.78 is 1.90. The lowest BCUT2D eigenvalue weighted by molar-refractivity contribution is 0.0936. The zero-order chi connectivity index (χ0) is 17.1. The smallest absolute Gasteiger partial charge is 0.333 e. The van der Waals surface area contributed by atoms with Crippen molar-refractivity contribution in [1.29, 1.82) is 0 Å². The molecule has 2 aromatic rings. The number of aryl methyl sites for hydroxylation is 1. The minimum absolute atomic E-state index is 0.174. The molecule has 1 saturated carbocycles. The van der Waals surface area contributed by atoms with E-state index in [1.54, 1.807) is 6.20 Å². The van der Waals surface area contributed by atoms with E-state index in [-0.39, 0.29) is 18.0 Å². The van der Waals surface area contributed by atoms with Gasteiger partial charge in [-0.25, -0.2) is 10.2 Å². The van der Waals surface area contributed by atoms with E-state index in [9.17, 15) is 9.59 Å². The highest BCUT2D eigenvalue weighted by Gasteiger charge is 2.23. The molecule has 2 atom stereocenters. The zero-order valence-corrected chi connectivity index (χ0v) is 14.1. The lowest BCUT2D eigenvalue weighted by Gasteiger charge is -2.29. The minimum atomic E-state index is -0.359. The number of hydrogen-bond acceptors (Lipinski definition) is 2. The summed E-state index contributed by atoms with van der Waals surface area (Å²) in [5.41, 5.74) is 6.47. The Hall–Kier alpha value is -2.50. The Bertz CT molecular complexity index is 753. The van der Waals surface area contributed by atoms with Gasteiger partial charge in [0.1, 0.15) is 0 Å². The van der Waals surface area contributed by atoms with Gasteiger partial charge in [0.25, 0.3) is 5.91 Å². The fraction of sp³-hybridized carbons (Fsp3) is 0.444. The van der Waals surface area contributed by atoms with Gasteiger partial charge in [0, 0.05) is 30.2 Å². The Kier molecular flexibility index (Phi) is 4.74. The Balaban J connectivity index is 1.59. The number of aromatic nitrogens is 1. The van der Waals surface area contributed by atoms with Crippen molar-refractivity contribution < 1.29 is 9.59 Å². The first-order chi connectivity index (χ1) is 11.6. The van der Waals surface area contributed by atoms with Gasteiger partial charge in [0.05, 0.1) is 5.56 Å². The molecular weight excluding hydrogens is 304 g/mol. The maximum atomic E-state index is 12.4. The molecule has 0 saturated heterocycles. The number of hydrazine groups is 1. The molecule has 1 aromatic heterocycles. The van der Waals surface area contributed by atoms with Crippen LogP contribution < -0.4 is 16.2 Å². The van der Waals surface area contributed by atoms with Crippen molar-refractivity contribution in [1.82, 2.24) is 20.7 Å². The number of hydrogen-bond donors (Lipinski definition) is 3. The van der Waals surface area contributed by atoms with Crippen molar-refractivity contribution in [3.05, 3.63) is 36.0 Å². The van der Waals surface area contributed by atoms with Gasteiger partial charge in [0.2, 0.25) is 0 Å². The van der Waals surface area contributed by atoms with E-state index >= 15 is 0 Å². The maximum Gasteiger partial charge on any atom is 0.333 e. The summed E-state index contributed by atoms with van der Waals surface area (Å²) in [6.45, 7) is 2.15. The van der Waals surface area contributed by atoms with Crippen LogP contribution in [0.25, 0.3) is 10.9 Å². The average molecular weight is 328 g/mol. The standard InChI is InChI=1S/C18H24N4O2/c1-12-7-3-5-9-15(12)19-18(24)21-20-17(23)14-11-22(2)16-10-6-4-8-13(14)16/h4,6,8,10-12,15H,3,5,7,9H2,1-2H3,(H,20,23)(H2,19,21,24). The van der Waals surface area contributed by atoms with E-state index in [0.29, 0.717) is 11.5 Å².